The molecule has 0 radical (unpaired) electrons. The molecule has 0 saturated carbocycles. The van der Waals surface area contributed by atoms with Crippen LogP contribution in [0.15, 0.2) is 48.5 Å². The minimum Gasteiger partial charge on any atom is -0.334 e. The van der Waals surface area contributed by atoms with Gasteiger partial charge in [0, 0.05) is 18.0 Å². The summed E-state index contributed by atoms with van der Waals surface area (Å²) < 4.78 is 0. The van der Waals surface area contributed by atoms with Crippen LogP contribution in [0.4, 0.5) is 10.5 Å². The number of hydrogen-bond acceptors (Lipinski definition) is 2. The van der Waals surface area contributed by atoms with E-state index in [1.54, 1.807) is 23.1 Å². The zero-order chi connectivity index (χ0) is 18.7. The van der Waals surface area contributed by atoms with Crippen molar-refractivity contribution in [3.63, 3.8) is 0 Å². The standard InChI is InChI=1S/C19H19Cl2N3O2/c1-12(13-5-3-2-4-6-13)24-11-15(10-18(24)25)22-19(26)23-17-8-7-14(20)9-16(17)21/h2-9,12,15H,10-11H2,1H3,(H2,22,23,26). The highest BCUT2D eigenvalue weighted by Crippen LogP contribution is 2.27. The SMILES string of the molecule is CC(c1ccccc1)N1CC(NC(=O)Nc2ccc(Cl)cc2Cl)CC1=O. The van der Waals surface area contributed by atoms with Gasteiger partial charge in [0.05, 0.1) is 22.8 Å². The van der Waals surface area contributed by atoms with Crippen LogP contribution >= 0.6 is 23.2 Å². The summed E-state index contributed by atoms with van der Waals surface area (Å²) in [6.07, 6.45) is 0.277. The van der Waals surface area contributed by atoms with Gasteiger partial charge in [0.15, 0.2) is 0 Å². The molecule has 0 aromatic heterocycles. The predicted octanol–water partition coefficient (Wildman–Crippen LogP) is 4.48. The molecule has 3 rings (SSSR count). The third-order valence-electron chi connectivity index (χ3n) is 4.42. The van der Waals surface area contributed by atoms with Gasteiger partial charge in [0.25, 0.3) is 0 Å². The Morgan fingerprint density at radius 2 is 1.92 bits per heavy atom. The van der Waals surface area contributed by atoms with Crippen LogP contribution in [-0.2, 0) is 4.79 Å². The van der Waals surface area contributed by atoms with Crippen LogP contribution in [0.1, 0.15) is 24.9 Å². The van der Waals surface area contributed by atoms with Crippen LogP contribution in [0, 0.1) is 0 Å². The molecule has 2 N–H and O–H groups in total. The smallest absolute Gasteiger partial charge is 0.319 e. The fraction of sp³-hybridized carbons (Fsp3) is 0.263. The summed E-state index contributed by atoms with van der Waals surface area (Å²) in [6.45, 7) is 2.46. The third kappa shape index (κ3) is 4.29. The van der Waals surface area contributed by atoms with Gasteiger partial charge in [-0.25, -0.2) is 4.79 Å². The second-order valence-corrected chi connectivity index (χ2v) is 7.10. The molecule has 1 fully saturated rings. The topological polar surface area (TPSA) is 61.4 Å². The molecular weight excluding hydrogens is 373 g/mol. The number of amides is 3. The Hall–Kier alpha value is -2.24. The Bertz CT molecular complexity index is 814. The number of hydrogen-bond donors (Lipinski definition) is 2. The summed E-state index contributed by atoms with van der Waals surface area (Å²) >= 11 is 11.9. The highest BCUT2D eigenvalue weighted by atomic mass is 35.5. The van der Waals surface area contributed by atoms with Gasteiger partial charge in [-0.05, 0) is 30.7 Å². The summed E-state index contributed by atoms with van der Waals surface area (Å²) in [5.41, 5.74) is 1.53. The Morgan fingerprint density at radius 1 is 1.19 bits per heavy atom. The summed E-state index contributed by atoms with van der Waals surface area (Å²) in [7, 11) is 0. The Balaban J connectivity index is 1.59. The molecule has 2 aromatic carbocycles. The van der Waals surface area contributed by atoms with Crippen LogP contribution in [0.3, 0.4) is 0 Å². The van der Waals surface area contributed by atoms with Crippen LogP contribution in [-0.4, -0.2) is 29.4 Å². The van der Waals surface area contributed by atoms with E-state index in [2.05, 4.69) is 10.6 Å². The number of anilines is 1. The molecule has 7 heteroatoms. The lowest BCUT2D eigenvalue weighted by Gasteiger charge is -2.25. The molecule has 0 spiro atoms. The highest BCUT2D eigenvalue weighted by molar-refractivity contribution is 6.36. The largest absolute Gasteiger partial charge is 0.334 e. The molecule has 1 heterocycles. The van der Waals surface area contributed by atoms with Crippen LogP contribution in [0.25, 0.3) is 0 Å². The van der Waals surface area contributed by atoms with E-state index in [1.807, 2.05) is 37.3 Å². The molecule has 5 nitrogen and oxygen atoms in total. The molecule has 2 aromatic rings. The van der Waals surface area contributed by atoms with E-state index in [0.29, 0.717) is 22.3 Å². The minimum absolute atomic E-state index is 0.0242. The van der Waals surface area contributed by atoms with E-state index in [9.17, 15) is 9.59 Å². The van der Waals surface area contributed by atoms with E-state index in [0.717, 1.165) is 5.56 Å². The van der Waals surface area contributed by atoms with Gasteiger partial charge in [-0.15, -0.1) is 0 Å². The van der Waals surface area contributed by atoms with Gasteiger partial charge >= 0.3 is 6.03 Å². The number of halogens is 2. The van der Waals surface area contributed by atoms with Crippen LogP contribution in [0.2, 0.25) is 10.0 Å². The molecular formula is C19H19Cl2N3O2. The number of carbonyl (C=O) groups excluding carboxylic acids is 2. The van der Waals surface area contributed by atoms with Gasteiger partial charge < -0.3 is 15.5 Å². The van der Waals surface area contributed by atoms with Gasteiger partial charge in [0.2, 0.25) is 5.91 Å². The van der Waals surface area contributed by atoms with Crippen molar-refractivity contribution in [2.75, 3.05) is 11.9 Å². The molecule has 2 unspecified atom stereocenters. The average Bonchev–Trinajstić information content (AvgIpc) is 2.97. The lowest BCUT2D eigenvalue weighted by Crippen LogP contribution is -2.40. The molecule has 26 heavy (non-hydrogen) atoms. The molecule has 1 saturated heterocycles. The predicted molar refractivity (Wildman–Crippen MR) is 104 cm³/mol. The molecule has 1 aliphatic rings. The van der Waals surface area contributed by atoms with E-state index in [-0.39, 0.29) is 24.4 Å². The normalized spacial score (nSPS) is 17.9. The van der Waals surface area contributed by atoms with Crippen molar-refractivity contribution >= 4 is 40.8 Å². The average molecular weight is 392 g/mol. The monoisotopic (exact) mass is 391 g/mol. The van der Waals surface area contributed by atoms with Gasteiger partial charge in [-0.1, -0.05) is 53.5 Å². The van der Waals surface area contributed by atoms with Crippen molar-refractivity contribution in [3.05, 3.63) is 64.1 Å². The quantitative estimate of drug-likeness (QED) is 0.806. The number of carbonyl (C=O) groups is 2. The zero-order valence-electron chi connectivity index (χ0n) is 14.2. The first-order valence-electron chi connectivity index (χ1n) is 8.31. The summed E-state index contributed by atoms with van der Waals surface area (Å²) in [4.78, 5) is 26.4. The number of benzene rings is 2. The number of likely N-dealkylation sites (tertiary alicyclic amines) is 1. The van der Waals surface area contributed by atoms with Crippen molar-refractivity contribution in [2.45, 2.75) is 25.4 Å². The lowest BCUT2D eigenvalue weighted by molar-refractivity contribution is -0.129. The van der Waals surface area contributed by atoms with Crippen molar-refractivity contribution in [1.29, 1.82) is 0 Å². The first-order valence-corrected chi connectivity index (χ1v) is 9.06. The van der Waals surface area contributed by atoms with Crippen LogP contribution < -0.4 is 10.6 Å². The summed E-state index contributed by atoms with van der Waals surface area (Å²) in [5.74, 6) is 0.0242. The van der Waals surface area contributed by atoms with Gasteiger partial charge in [0.1, 0.15) is 0 Å². The molecule has 136 valence electrons. The number of nitrogens with one attached hydrogen (secondary N) is 2. The Kier molecular flexibility index (Phi) is 5.69. The van der Waals surface area contributed by atoms with Crippen molar-refractivity contribution in [2.24, 2.45) is 0 Å². The maximum atomic E-state index is 12.3. The summed E-state index contributed by atoms with van der Waals surface area (Å²) in [6, 6.07) is 14.0. The van der Waals surface area contributed by atoms with E-state index < -0.39 is 6.03 Å². The van der Waals surface area contributed by atoms with E-state index in [4.69, 9.17) is 23.2 Å². The summed E-state index contributed by atoms with van der Waals surface area (Å²) in [5, 5.41) is 6.37. The number of nitrogens with zero attached hydrogens (tertiary/aromatic N) is 1. The van der Waals surface area contributed by atoms with Crippen LogP contribution in [0.5, 0.6) is 0 Å². The fourth-order valence-corrected chi connectivity index (χ4v) is 3.50. The number of urea groups is 1. The van der Waals surface area contributed by atoms with Gasteiger partial charge in [-0.2, -0.15) is 0 Å². The second-order valence-electron chi connectivity index (χ2n) is 6.26. The molecule has 3 amide bonds. The van der Waals surface area contributed by atoms with Crippen molar-refractivity contribution < 1.29 is 9.59 Å². The molecule has 2 atom stereocenters. The third-order valence-corrected chi connectivity index (χ3v) is 4.97. The van der Waals surface area contributed by atoms with E-state index >= 15 is 0 Å². The van der Waals surface area contributed by atoms with E-state index in [1.165, 1.54) is 0 Å². The zero-order valence-corrected chi connectivity index (χ0v) is 15.7. The highest BCUT2D eigenvalue weighted by Gasteiger charge is 2.34. The van der Waals surface area contributed by atoms with Crippen molar-refractivity contribution in [3.8, 4) is 0 Å². The first kappa shape index (κ1) is 18.5. The second kappa shape index (κ2) is 7.98. The number of rotatable bonds is 4. The maximum absolute atomic E-state index is 12.3. The maximum Gasteiger partial charge on any atom is 0.319 e. The van der Waals surface area contributed by atoms with Crippen molar-refractivity contribution in [1.82, 2.24) is 10.2 Å². The fourth-order valence-electron chi connectivity index (χ4n) is 3.05. The minimum atomic E-state index is -0.402. The molecule has 0 aliphatic carbocycles. The lowest BCUT2D eigenvalue weighted by atomic mass is 10.1. The van der Waals surface area contributed by atoms with Gasteiger partial charge in [-0.3, -0.25) is 4.79 Å². The first-order chi connectivity index (χ1) is 12.4. The Morgan fingerprint density at radius 3 is 2.62 bits per heavy atom. The molecule has 0 bridgehead atoms. The molecule has 1 aliphatic heterocycles. The Labute approximate surface area is 162 Å².